The number of carbonyl (C=O) groups excluding carboxylic acids is 1. The zero-order valence-electron chi connectivity index (χ0n) is 9.78. The summed E-state index contributed by atoms with van der Waals surface area (Å²) in [4.78, 5) is 11.6. The average molecular weight is 277 g/mol. The topological polar surface area (TPSA) is 55.1 Å². The van der Waals surface area contributed by atoms with Crippen molar-refractivity contribution < 1.29 is 4.79 Å². The van der Waals surface area contributed by atoms with Crippen LogP contribution in [0.5, 0.6) is 0 Å². The molecule has 0 bridgehead atoms. The molecule has 1 amide bonds. The molecule has 1 aromatic carbocycles. The number of amides is 1. The van der Waals surface area contributed by atoms with Crippen molar-refractivity contribution in [1.29, 1.82) is 0 Å². The maximum Gasteiger partial charge on any atom is 0.224 e. The largest absolute Gasteiger partial charge is 0.355 e. The van der Waals surface area contributed by atoms with Crippen molar-refractivity contribution in [2.24, 2.45) is 11.7 Å². The van der Waals surface area contributed by atoms with Crippen LogP contribution in [0.1, 0.15) is 12.5 Å². The lowest BCUT2D eigenvalue weighted by molar-refractivity contribution is -0.120. The van der Waals surface area contributed by atoms with Crippen LogP contribution in [0, 0.1) is 5.92 Å². The maximum absolute atomic E-state index is 11.6. The fourth-order valence-corrected chi connectivity index (χ4v) is 1.45. The van der Waals surface area contributed by atoms with Gasteiger partial charge in [-0.05, 0) is 24.1 Å². The lowest BCUT2D eigenvalue weighted by Crippen LogP contribution is -2.32. The Morgan fingerprint density at radius 2 is 2.12 bits per heavy atom. The lowest BCUT2D eigenvalue weighted by Gasteiger charge is -2.10. The number of benzene rings is 1. The highest BCUT2D eigenvalue weighted by atomic mass is 35.5. The summed E-state index contributed by atoms with van der Waals surface area (Å²) in [6.07, 6.45) is 0.316. The van der Waals surface area contributed by atoms with Gasteiger partial charge >= 0.3 is 0 Å². The molecular weight excluding hydrogens is 259 g/mol. The van der Waals surface area contributed by atoms with Crippen LogP contribution in [0.4, 0.5) is 0 Å². The number of rotatable bonds is 5. The summed E-state index contributed by atoms with van der Waals surface area (Å²) in [5.41, 5.74) is 6.31. The van der Waals surface area contributed by atoms with Gasteiger partial charge in [-0.2, -0.15) is 0 Å². The van der Waals surface area contributed by atoms with Crippen molar-refractivity contribution in [2.45, 2.75) is 13.3 Å². The SMILES string of the molecule is CC(CN)CNC(=O)Cc1ccccc1Cl.Cl. The van der Waals surface area contributed by atoms with Crippen LogP contribution in [-0.4, -0.2) is 19.0 Å². The van der Waals surface area contributed by atoms with E-state index in [1.165, 1.54) is 0 Å². The van der Waals surface area contributed by atoms with E-state index >= 15 is 0 Å². The van der Waals surface area contributed by atoms with Gasteiger partial charge in [-0.1, -0.05) is 36.7 Å². The maximum atomic E-state index is 11.6. The van der Waals surface area contributed by atoms with Crippen LogP contribution in [-0.2, 0) is 11.2 Å². The second-order valence-corrected chi connectivity index (χ2v) is 4.32. The summed E-state index contributed by atoms with van der Waals surface area (Å²) in [6, 6.07) is 7.36. The van der Waals surface area contributed by atoms with Crippen LogP contribution < -0.4 is 11.1 Å². The van der Waals surface area contributed by atoms with Gasteiger partial charge in [0.15, 0.2) is 0 Å². The first-order chi connectivity index (χ1) is 7.63. The molecule has 3 N–H and O–H groups in total. The molecule has 1 unspecified atom stereocenters. The molecule has 0 spiro atoms. The Labute approximate surface area is 113 Å². The van der Waals surface area contributed by atoms with Crippen molar-refractivity contribution in [3.8, 4) is 0 Å². The second kappa shape index (κ2) is 8.34. The Morgan fingerprint density at radius 3 is 2.71 bits per heavy atom. The molecule has 0 radical (unpaired) electrons. The highest BCUT2D eigenvalue weighted by Gasteiger charge is 2.07. The zero-order valence-corrected chi connectivity index (χ0v) is 11.4. The molecule has 3 nitrogen and oxygen atoms in total. The van der Waals surface area contributed by atoms with Crippen molar-refractivity contribution in [3.05, 3.63) is 34.9 Å². The molecule has 0 saturated carbocycles. The van der Waals surface area contributed by atoms with Crippen LogP contribution in [0.15, 0.2) is 24.3 Å². The summed E-state index contributed by atoms with van der Waals surface area (Å²) in [5, 5.41) is 3.46. The van der Waals surface area contributed by atoms with E-state index in [4.69, 9.17) is 17.3 Å². The number of halogens is 2. The van der Waals surface area contributed by atoms with Crippen LogP contribution in [0.2, 0.25) is 5.02 Å². The van der Waals surface area contributed by atoms with Crippen molar-refractivity contribution >= 4 is 29.9 Å². The number of hydrogen-bond donors (Lipinski definition) is 2. The normalized spacial score (nSPS) is 11.5. The Morgan fingerprint density at radius 1 is 1.47 bits per heavy atom. The molecule has 1 atom stereocenters. The van der Waals surface area contributed by atoms with Crippen LogP contribution >= 0.6 is 24.0 Å². The summed E-state index contributed by atoms with van der Waals surface area (Å²) >= 11 is 5.96. The standard InChI is InChI=1S/C12H17ClN2O.ClH/c1-9(7-14)8-15-12(16)6-10-4-2-3-5-11(10)13;/h2-5,9H,6-8,14H2,1H3,(H,15,16);1H. The van der Waals surface area contributed by atoms with Gasteiger partial charge < -0.3 is 11.1 Å². The zero-order chi connectivity index (χ0) is 12.0. The molecule has 17 heavy (non-hydrogen) atoms. The third-order valence-corrected chi connectivity index (χ3v) is 2.73. The summed E-state index contributed by atoms with van der Waals surface area (Å²) < 4.78 is 0. The van der Waals surface area contributed by atoms with E-state index in [0.29, 0.717) is 30.5 Å². The number of hydrogen-bond acceptors (Lipinski definition) is 2. The van der Waals surface area contributed by atoms with E-state index < -0.39 is 0 Å². The van der Waals surface area contributed by atoms with E-state index in [0.717, 1.165) is 5.56 Å². The fourth-order valence-electron chi connectivity index (χ4n) is 1.25. The van der Waals surface area contributed by atoms with Crippen LogP contribution in [0.3, 0.4) is 0 Å². The molecule has 5 heteroatoms. The van der Waals surface area contributed by atoms with Gasteiger partial charge in [-0.3, -0.25) is 4.79 Å². The molecule has 0 aromatic heterocycles. The van der Waals surface area contributed by atoms with Crippen molar-refractivity contribution in [2.75, 3.05) is 13.1 Å². The van der Waals surface area contributed by atoms with E-state index in [1.807, 2.05) is 25.1 Å². The highest BCUT2D eigenvalue weighted by Crippen LogP contribution is 2.15. The van der Waals surface area contributed by atoms with Gasteiger partial charge in [0, 0.05) is 11.6 Å². The Balaban J connectivity index is 0.00000256. The van der Waals surface area contributed by atoms with Gasteiger partial charge in [-0.25, -0.2) is 0 Å². The summed E-state index contributed by atoms with van der Waals surface area (Å²) in [5.74, 6) is 0.281. The number of carbonyl (C=O) groups is 1. The van der Waals surface area contributed by atoms with E-state index in [2.05, 4.69) is 5.32 Å². The van der Waals surface area contributed by atoms with Crippen LogP contribution in [0.25, 0.3) is 0 Å². The molecule has 96 valence electrons. The summed E-state index contributed by atoms with van der Waals surface area (Å²) in [7, 11) is 0. The first-order valence-electron chi connectivity index (χ1n) is 5.33. The average Bonchev–Trinajstić information content (AvgIpc) is 2.29. The fraction of sp³-hybridized carbons (Fsp3) is 0.417. The Hall–Kier alpha value is -0.770. The minimum absolute atomic E-state index is 0. The van der Waals surface area contributed by atoms with Gasteiger partial charge in [-0.15, -0.1) is 12.4 Å². The smallest absolute Gasteiger partial charge is 0.224 e. The lowest BCUT2D eigenvalue weighted by atomic mass is 10.1. The van der Waals surface area contributed by atoms with Gasteiger partial charge in [0.05, 0.1) is 6.42 Å². The molecule has 0 aliphatic rings. The number of nitrogens with two attached hydrogens (primary N) is 1. The Bertz CT molecular complexity index is 358. The monoisotopic (exact) mass is 276 g/mol. The van der Waals surface area contributed by atoms with Crippen molar-refractivity contribution in [3.63, 3.8) is 0 Å². The quantitative estimate of drug-likeness (QED) is 0.865. The first kappa shape index (κ1) is 16.2. The molecule has 0 saturated heterocycles. The third-order valence-electron chi connectivity index (χ3n) is 2.36. The summed E-state index contributed by atoms with van der Waals surface area (Å²) in [6.45, 7) is 3.18. The van der Waals surface area contributed by atoms with E-state index in [9.17, 15) is 4.79 Å². The van der Waals surface area contributed by atoms with E-state index in [1.54, 1.807) is 6.07 Å². The van der Waals surface area contributed by atoms with Gasteiger partial charge in [0.1, 0.15) is 0 Å². The molecule has 0 heterocycles. The minimum Gasteiger partial charge on any atom is -0.355 e. The van der Waals surface area contributed by atoms with Gasteiger partial charge in [0.2, 0.25) is 5.91 Å². The first-order valence-corrected chi connectivity index (χ1v) is 5.71. The second-order valence-electron chi connectivity index (χ2n) is 3.91. The molecule has 1 aromatic rings. The van der Waals surface area contributed by atoms with Gasteiger partial charge in [0.25, 0.3) is 0 Å². The highest BCUT2D eigenvalue weighted by molar-refractivity contribution is 6.31. The predicted octanol–water partition coefficient (Wildman–Crippen LogP) is 2.02. The molecule has 1 rings (SSSR count). The third kappa shape index (κ3) is 5.91. The molecular formula is C12H18Cl2N2O. The minimum atomic E-state index is -0.0200. The molecule has 0 aliphatic carbocycles. The predicted molar refractivity (Wildman–Crippen MR) is 73.6 cm³/mol. The number of nitrogens with one attached hydrogen (secondary N) is 1. The Kier molecular flexibility index (Phi) is 7.96. The van der Waals surface area contributed by atoms with E-state index in [-0.39, 0.29) is 18.3 Å². The molecule has 0 aliphatic heterocycles. The van der Waals surface area contributed by atoms with Crippen molar-refractivity contribution in [1.82, 2.24) is 5.32 Å². The molecule has 0 fully saturated rings.